The summed E-state index contributed by atoms with van der Waals surface area (Å²) in [5.74, 6) is 3.10. The van der Waals surface area contributed by atoms with Crippen molar-refractivity contribution in [3.63, 3.8) is 0 Å². The van der Waals surface area contributed by atoms with Gasteiger partial charge in [-0.05, 0) is 25.7 Å². The van der Waals surface area contributed by atoms with Crippen molar-refractivity contribution in [1.82, 2.24) is 0 Å². The lowest BCUT2D eigenvalue weighted by molar-refractivity contribution is 0.301. The van der Waals surface area contributed by atoms with Crippen molar-refractivity contribution in [2.75, 3.05) is 25.0 Å². The second-order valence-corrected chi connectivity index (χ2v) is 8.50. The molecule has 0 amide bonds. The standard InChI is InChI=1S/C24H33Cl3O2/c25-15-9-3-1-5-11-17-28-23-19-22(27)24(21-14-8-7-13-20(21)23)29-18-12-6-2-4-10-16-26/h7-8,13-14,19H,1-6,9-12,15-18H2. The van der Waals surface area contributed by atoms with Gasteiger partial charge in [0.1, 0.15) is 11.5 Å². The molecular formula is C24H33Cl3O2. The Kier molecular flexibility index (Phi) is 12.7. The highest BCUT2D eigenvalue weighted by Gasteiger charge is 2.13. The molecule has 0 aliphatic carbocycles. The lowest BCUT2D eigenvalue weighted by Gasteiger charge is -2.15. The van der Waals surface area contributed by atoms with E-state index in [0.717, 1.165) is 72.6 Å². The van der Waals surface area contributed by atoms with Crippen LogP contribution in [0.25, 0.3) is 10.8 Å². The molecule has 0 saturated heterocycles. The van der Waals surface area contributed by atoms with Gasteiger partial charge in [-0.15, -0.1) is 23.2 Å². The highest BCUT2D eigenvalue weighted by Crippen LogP contribution is 2.39. The summed E-state index contributed by atoms with van der Waals surface area (Å²) in [6, 6.07) is 10.1. The molecule has 0 heterocycles. The number of fused-ring (bicyclic) bond motifs is 1. The van der Waals surface area contributed by atoms with E-state index < -0.39 is 0 Å². The quantitative estimate of drug-likeness (QED) is 0.185. The van der Waals surface area contributed by atoms with Crippen LogP contribution in [0.4, 0.5) is 0 Å². The van der Waals surface area contributed by atoms with E-state index in [-0.39, 0.29) is 0 Å². The number of ether oxygens (including phenoxy) is 2. The first-order valence-corrected chi connectivity index (χ1v) is 12.3. The van der Waals surface area contributed by atoms with Crippen molar-refractivity contribution in [2.24, 2.45) is 0 Å². The molecule has 0 fully saturated rings. The molecule has 2 nitrogen and oxygen atoms in total. The van der Waals surface area contributed by atoms with Gasteiger partial charge >= 0.3 is 0 Å². The lowest BCUT2D eigenvalue weighted by atomic mass is 10.1. The Labute approximate surface area is 190 Å². The summed E-state index contributed by atoms with van der Waals surface area (Å²) >= 11 is 18.0. The van der Waals surface area contributed by atoms with E-state index >= 15 is 0 Å². The average molecular weight is 460 g/mol. The van der Waals surface area contributed by atoms with Crippen LogP contribution in [0.3, 0.4) is 0 Å². The van der Waals surface area contributed by atoms with Crippen LogP contribution in [0.15, 0.2) is 30.3 Å². The van der Waals surface area contributed by atoms with Crippen LogP contribution in [0, 0.1) is 0 Å². The van der Waals surface area contributed by atoms with Gasteiger partial charge in [-0.2, -0.15) is 0 Å². The summed E-state index contributed by atoms with van der Waals surface area (Å²) in [5.41, 5.74) is 0. The first-order valence-electron chi connectivity index (χ1n) is 10.9. The van der Waals surface area contributed by atoms with Gasteiger partial charge in [-0.3, -0.25) is 0 Å². The van der Waals surface area contributed by atoms with Gasteiger partial charge in [0.05, 0.1) is 18.2 Å². The van der Waals surface area contributed by atoms with Gasteiger partial charge in [0.25, 0.3) is 0 Å². The SMILES string of the molecule is ClCCCCCCCOc1cc(Cl)c(OCCCCCCCCl)c2ccccc12. The molecule has 0 aromatic heterocycles. The van der Waals surface area contributed by atoms with E-state index in [1.54, 1.807) is 0 Å². The van der Waals surface area contributed by atoms with E-state index in [1.807, 2.05) is 18.2 Å². The van der Waals surface area contributed by atoms with Crippen molar-refractivity contribution in [2.45, 2.75) is 64.2 Å². The Morgan fingerprint density at radius 2 is 1.14 bits per heavy atom. The Balaban J connectivity index is 1.89. The third-order valence-corrected chi connectivity index (χ3v) is 5.79. The fourth-order valence-electron chi connectivity index (χ4n) is 3.36. The van der Waals surface area contributed by atoms with Crippen LogP contribution in [0.1, 0.15) is 64.2 Å². The van der Waals surface area contributed by atoms with Crippen molar-refractivity contribution < 1.29 is 9.47 Å². The number of benzene rings is 2. The second-order valence-electron chi connectivity index (χ2n) is 7.34. The number of hydrogen-bond donors (Lipinski definition) is 0. The Bertz CT molecular complexity index is 706. The normalized spacial score (nSPS) is 11.1. The van der Waals surface area contributed by atoms with Gasteiger partial charge in [-0.25, -0.2) is 0 Å². The number of hydrogen-bond acceptors (Lipinski definition) is 2. The maximum atomic E-state index is 6.55. The number of alkyl halides is 2. The highest BCUT2D eigenvalue weighted by atomic mass is 35.5. The Morgan fingerprint density at radius 3 is 1.76 bits per heavy atom. The fraction of sp³-hybridized carbons (Fsp3) is 0.583. The molecular weight excluding hydrogens is 427 g/mol. The number of halogens is 3. The largest absolute Gasteiger partial charge is 0.493 e. The van der Waals surface area contributed by atoms with Crippen molar-refractivity contribution in [3.05, 3.63) is 35.4 Å². The van der Waals surface area contributed by atoms with E-state index in [2.05, 4.69) is 12.1 Å². The van der Waals surface area contributed by atoms with Crippen molar-refractivity contribution in [1.29, 1.82) is 0 Å². The molecule has 0 aliphatic heterocycles. The molecule has 162 valence electrons. The molecule has 0 bridgehead atoms. The molecule has 5 heteroatoms. The summed E-state index contributed by atoms with van der Waals surface area (Å²) in [5, 5.41) is 2.68. The average Bonchev–Trinajstić information content (AvgIpc) is 2.74. The molecule has 0 aliphatic rings. The monoisotopic (exact) mass is 458 g/mol. The summed E-state index contributed by atoms with van der Waals surface area (Å²) in [7, 11) is 0. The van der Waals surface area contributed by atoms with E-state index in [0.29, 0.717) is 18.2 Å². The predicted molar refractivity (Wildman–Crippen MR) is 128 cm³/mol. The zero-order valence-electron chi connectivity index (χ0n) is 17.2. The first kappa shape index (κ1) is 24.4. The van der Waals surface area contributed by atoms with Gasteiger partial charge in [-0.1, -0.05) is 74.4 Å². The molecule has 2 aromatic rings. The molecule has 2 aromatic carbocycles. The van der Waals surface area contributed by atoms with Crippen LogP contribution in [0.5, 0.6) is 11.5 Å². The lowest BCUT2D eigenvalue weighted by Crippen LogP contribution is -2.01. The molecule has 2 rings (SSSR count). The maximum absolute atomic E-state index is 6.55. The van der Waals surface area contributed by atoms with Gasteiger partial charge in [0.2, 0.25) is 0 Å². The molecule has 29 heavy (non-hydrogen) atoms. The fourth-order valence-corrected chi connectivity index (χ4v) is 3.99. The maximum Gasteiger partial charge on any atom is 0.145 e. The summed E-state index contributed by atoms with van der Waals surface area (Å²) in [6.45, 7) is 1.37. The number of unbranched alkanes of at least 4 members (excludes halogenated alkanes) is 8. The van der Waals surface area contributed by atoms with E-state index in [4.69, 9.17) is 44.3 Å². The van der Waals surface area contributed by atoms with Gasteiger partial charge in [0, 0.05) is 28.6 Å². The van der Waals surface area contributed by atoms with Crippen molar-refractivity contribution in [3.8, 4) is 11.5 Å². The summed E-state index contributed by atoms with van der Waals surface area (Å²) < 4.78 is 12.1. The third kappa shape index (κ3) is 8.82. The highest BCUT2D eigenvalue weighted by molar-refractivity contribution is 6.33. The predicted octanol–water partition coefficient (Wildman–Crippen LogP) is 8.63. The van der Waals surface area contributed by atoms with Gasteiger partial charge in [0.15, 0.2) is 0 Å². The zero-order valence-corrected chi connectivity index (χ0v) is 19.5. The minimum absolute atomic E-state index is 0.614. The minimum Gasteiger partial charge on any atom is -0.493 e. The zero-order chi connectivity index (χ0) is 20.7. The minimum atomic E-state index is 0.614. The second kappa shape index (κ2) is 15.0. The first-order chi connectivity index (χ1) is 14.3. The molecule has 0 N–H and O–H groups in total. The smallest absolute Gasteiger partial charge is 0.145 e. The van der Waals surface area contributed by atoms with E-state index in [1.165, 1.54) is 25.7 Å². The van der Waals surface area contributed by atoms with E-state index in [9.17, 15) is 0 Å². The number of rotatable bonds is 16. The van der Waals surface area contributed by atoms with Crippen LogP contribution in [-0.4, -0.2) is 25.0 Å². The van der Waals surface area contributed by atoms with Crippen LogP contribution >= 0.6 is 34.8 Å². The Hall–Kier alpha value is -0.830. The molecule has 0 saturated carbocycles. The summed E-state index contributed by atoms with van der Waals surface area (Å²) in [6.07, 6.45) is 11.3. The topological polar surface area (TPSA) is 18.5 Å². The van der Waals surface area contributed by atoms with Crippen molar-refractivity contribution >= 4 is 45.6 Å². The van der Waals surface area contributed by atoms with Gasteiger partial charge < -0.3 is 9.47 Å². The molecule has 0 unspecified atom stereocenters. The third-order valence-electron chi connectivity index (χ3n) is 4.97. The van der Waals surface area contributed by atoms with Crippen LogP contribution < -0.4 is 9.47 Å². The Morgan fingerprint density at radius 1 is 0.621 bits per heavy atom. The molecule has 0 atom stereocenters. The molecule has 0 spiro atoms. The summed E-state index contributed by atoms with van der Waals surface area (Å²) in [4.78, 5) is 0. The van der Waals surface area contributed by atoms with Crippen LogP contribution in [0.2, 0.25) is 5.02 Å². The van der Waals surface area contributed by atoms with Crippen LogP contribution in [-0.2, 0) is 0 Å². The molecule has 0 radical (unpaired) electrons.